The van der Waals surface area contributed by atoms with E-state index in [1.165, 1.54) is 0 Å². The third kappa shape index (κ3) is 1.32. The third-order valence-electron chi connectivity index (χ3n) is 3.63. The van der Waals surface area contributed by atoms with E-state index in [9.17, 15) is 9.90 Å². The summed E-state index contributed by atoms with van der Waals surface area (Å²) in [4.78, 5) is 16.6. The van der Waals surface area contributed by atoms with E-state index in [2.05, 4.69) is 11.1 Å². The second kappa shape index (κ2) is 3.45. The van der Waals surface area contributed by atoms with Crippen LogP contribution < -0.4 is 5.56 Å². The molecular weight excluding hydrogens is 228 g/mol. The number of pyridine rings is 2. The summed E-state index contributed by atoms with van der Waals surface area (Å²) in [5.41, 5.74) is 4.88. The average Bonchev–Trinajstić information content (AvgIpc) is 2.66. The number of hydrogen-bond acceptors (Lipinski definition) is 3. The largest absolute Gasteiger partial charge is 0.507 e. The lowest BCUT2D eigenvalue weighted by atomic mass is 10.1. The van der Waals surface area contributed by atoms with Gasteiger partial charge in [0.2, 0.25) is 0 Å². The molecular formula is C14H14N2O2. The number of hydrogen-bond donors (Lipinski definition) is 1. The van der Waals surface area contributed by atoms with Crippen LogP contribution in [0, 0.1) is 20.8 Å². The normalized spacial score (nSPS) is 12.4. The Hall–Kier alpha value is -2.10. The van der Waals surface area contributed by atoms with E-state index < -0.39 is 0 Å². The summed E-state index contributed by atoms with van der Waals surface area (Å²) in [6.45, 7) is 6.14. The van der Waals surface area contributed by atoms with Crippen molar-refractivity contribution in [2.24, 2.45) is 0 Å². The van der Waals surface area contributed by atoms with Crippen LogP contribution in [-0.4, -0.2) is 14.7 Å². The number of aryl methyl sites for hydroxylation is 2. The van der Waals surface area contributed by atoms with Crippen molar-refractivity contribution in [2.75, 3.05) is 0 Å². The highest BCUT2D eigenvalue weighted by atomic mass is 16.3. The van der Waals surface area contributed by atoms with Crippen LogP contribution in [-0.2, 0) is 6.54 Å². The van der Waals surface area contributed by atoms with Crippen LogP contribution in [0.4, 0.5) is 0 Å². The quantitative estimate of drug-likeness (QED) is 0.655. The highest BCUT2D eigenvalue weighted by Gasteiger charge is 2.23. The molecule has 0 aromatic carbocycles. The molecule has 0 radical (unpaired) electrons. The smallest absolute Gasteiger partial charge is 0.258 e. The summed E-state index contributed by atoms with van der Waals surface area (Å²) in [5, 5.41) is 9.77. The molecule has 0 unspecified atom stereocenters. The molecule has 0 aliphatic carbocycles. The number of nitrogens with zero attached hydrogens (tertiary/aromatic N) is 2. The van der Waals surface area contributed by atoms with Crippen LogP contribution in [0.3, 0.4) is 0 Å². The molecule has 0 fully saturated rings. The second-order valence-electron chi connectivity index (χ2n) is 4.83. The molecule has 18 heavy (non-hydrogen) atoms. The number of rotatable bonds is 0. The third-order valence-corrected chi connectivity index (χ3v) is 3.63. The summed E-state index contributed by atoms with van der Waals surface area (Å²) in [6, 6.07) is 3.70. The highest BCUT2D eigenvalue weighted by molar-refractivity contribution is 5.66. The monoisotopic (exact) mass is 242 g/mol. The molecule has 3 rings (SSSR count). The Morgan fingerprint density at radius 2 is 2.00 bits per heavy atom. The molecule has 4 heteroatoms. The summed E-state index contributed by atoms with van der Waals surface area (Å²) in [7, 11) is 0. The fourth-order valence-corrected chi connectivity index (χ4v) is 2.36. The van der Waals surface area contributed by atoms with E-state index in [-0.39, 0.29) is 11.3 Å². The minimum atomic E-state index is -0.140. The Balaban J connectivity index is 2.35. The zero-order valence-electron chi connectivity index (χ0n) is 10.6. The van der Waals surface area contributed by atoms with Gasteiger partial charge in [-0.3, -0.25) is 9.78 Å². The Labute approximate surface area is 105 Å². The molecule has 1 N–H and O–H groups in total. The van der Waals surface area contributed by atoms with Gasteiger partial charge in [-0.2, -0.15) is 0 Å². The Morgan fingerprint density at radius 3 is 2.72 bits per heavy atom. The van der Waals surface area contributed by atoms with Crippen LogP contribution in [0.25, 0.3) is 11.4 Å². The van der Waals surface area contributed by atoms with Crippen molar-refractivity contribution in [1.29, 1.82) is 0 Å². The maximum atomic E-state index is 12.1. The van der Waals surface area contributed by atoms with Crippen LogP contribution in [0.5, 0.6) is 5.75 Å². The van der Waals surface area contributed by atoms with Crippen LogP contribution in [0.1, 0.15) is 22.4 Å². The average molecular weight is 242 g/mol. The van der Waals surface area contributed by atoms with Crippen molar-refractivity contribution in [3.63, 3.8) is 0 Å². The van der Waals surface area contributed by atoms with Gasteiger partial charge in [-0.1, -0.05) is 6.07 Å². The molecule has 0 atom stereocenters. The second-order valence-corrected chi connectivity index (χ2v) is 4.83. The zero-order chi connectivity index (χ0) is 13.0. The molecule has 0 amide bonds. The van der Waals surface area contributed by atoms with Gasteiger partial charge in [0.25, 0.3) is 5.56 Å². The molecule has 3 heterocycles. The Bertz CT molecular complexity index is 730. The van der Waals surface area contributed by atoms with Crippen molar-refractivity contribution in [3.05, 3.63) is 44.9 Å². The maximum absolute atomic E-state index is 12.1. The Morgan fingerprint density at radius 1 is 1.28 bits per heavy atom. The van der Waals surface area contributed by atoms with Crippen LogP contribution >= 0.6 is 0 Å². The molecule has 2 aromatic rings. The van der Waals surface area contributed by atoms with E-state index in [1.54, 1.807) is 17.6 Å². The lowest BCUT2D eigenvalue weighted by Crippen LogP contribution is -2.20. The number of aromatic hydroxyl groups is 1. The Kier molecular flexibility index (Phi) is 2.11. The first-order valence-corrected chi connectivity index (χ1v) is 5.90. The zero-order valence-corrected chi connectivity index (χ0v) is 10.6. The van der Waals surface area contributed by atoms with Gasteiger partial charge in [-0.15, -0.1) is 0 Å². The van der Waals surface area contributed by atoms with Crippen LogP contribution in [0.2, 0.25) is 0 Å². The molecule has 0 spiro atoms. The van der Waals surface area contributed by atoms with Gasteiger partial charge in [0.05, 0.1) is 23.5 Å². The minimum Gasteiger partial charge on any atom is -0.507 e. The first-order chi connectivity index (χ1) is 8.49. The van der Waals surface area contributed by atoms with Crippen LogP contribution in [0.15, 0.2) is 16.9 Å². The standard InChI is InChI=1S/C14H14N2O2/c1-7-4-10-6-16-11(13(10)15-9(7)3)5-12(17)8(2)14(16)18/h4-5,17H,6H2,1-3H3. The molecule has 1 aliphatic rings. The molecule has 1 aliphatic heterocycles. The molecule has 92 valence electrons. The summed E-state index contributed by atoms with van der Waals surface area (Å²) < 4.78 is 1.67. The lowest BCUT2D eigenvalue weighted by molar-refractivity contribution is 0.467. The van der Waals surface area contributed by atoms with Gasteiger partial charge in [0, 0.05) is 17.3 Å². The van der Waals surface area contributed by atoms with E-state index in [0.29, 0.717) is 17.8 Å². The van der Waals surface area contributed by atoms with Crippen molar-refractivity contribution in [1.82, 2.24) is 9.55 Å². The predicted molar refractivity (Wildman–Crippen MR) is 68.9 cm³/mol. The van der Waals surface area contributed by atoms with E-state index >= 15 is 0 Å². The van der Waals surface area contributed by atoms with E-state index in [4.69, 9.17) is 0 Å². The molecule has 0 saturated carbocycles. The maximum Gasteiger partial charge on any atom is 0.258 e. The van der Waals surface area contributed by atoms with Gasteiger partial charge in [-0.25, -0.2) is 0 Å². The van der Waals surface area contributed by atoms with E-state index in [1.807, 2.05) is 13.8 Å². The van der Waals surface area contributed by atoms with Crippen molar-refractivity contribution in [3.8, 4) is 17.1 Å². The first-order valence-electron chi connectivity index (χ1n) is 5.90. The fourth-order valence-electron chi connectivity index (χ4n) is 2.36. The van der Waals surface area contributed by atoms with Crippen molar-refractivity contribution < 1.29 is 5.11 Å². The molecule has 2 aromatic heterocycles. The van der Waals surface area contributed by atoms with Gasteiger partial charge < -0.3 is 9.67 Å². The van der Waals surface area contributed by atoms with Crippen molar-refractivity contribution >= 4 is 0 Å². The predicted octanol–water partition coefficient (Wildman–Crippen LogP) is 1.90. The van der Waals surface area contributed by atoms with Gasteiger partial charge in [0.15, 0.2) is 0 Å². The number of aromatic nitrogens is 2. The van der Waals surface area contributed by atoms with E-state index in [0.717, 1.165) is 22.5 Å². The fraction of sp³-hybridized carbons (Fsp3) is 0.286. The summed E-state index contributed by atoms with van der Waals surface area (Å²) >= 11 is 0. The highest BCUT2D eigenvalue weighted by Crippen LogP contribution is 2.32. The number of fused-ring (bicyclic) bond motifs is 3. The van der Waals surface area contributed by atoms with Gasteiger partial charge in [0.1, 0.15) is 5.75 Å². The van der Waals surface area contributed by atoms with Crippen molar-refractivity contribution in [2.45, 2.75) is 27.3 Å². The van der Waals surface area contributed by atoms with Gasteiger partial charge >= 0.3 is 0 Å². The molecule has 4 nitrogen and oxygen atoms in total. The summed E-state index contributed by atoms with van der Waals surface area (Å²) in [6.07, 6.45) is 0. The summed E-state index contributed by atoms with van der Waals surface area (Å²) in [5.74, 6) is 0.0409. The molecule has 0 bridgehead atoms. The minimum absolute atomic E-state index is 0.0409. The first kappa shape index (κ1) is 11.0. The lowest BCUT2D eigenvalue weighted by Gasteiger charge is -2.06. The molecule has 0 saturated heterocycles. The SMILES string of the molecule is Cc1cc2c(nc1C)-c1cc(O)c(C)c(=O)n1C2. The van der Waals surface area contributed by atoms with Gasteiger partial charge in [-0.05, 0) is 26.3 Å². The topological polar surface area (TPSA) is 55.1 Å².